The fourth-order valence-corrected chi connectivity index (χ4v) is 3.03. The molecule has 1 heterocycles. The molecule has 2 unspecified atom stereocenters. The Morgan fingerprint density at radius 2 is 1.73 bits per heavy atom. The molecular formula is C20H27N5O5. The van der Waals surface area contributed by atoms with Gasteiger partial charge in [0.1, 0.15) is 12.2 Å². The lowest BCUT2D eigenvalue weighted by molar-refractivity contribution is -0.153. The summed E-state index contributed by atoms with van der Waals surface area (Å²) < 4.78 is 0. The topological polar surface area (TPSA) is 128 Å². The molecule has 6 amide bonds. The Labute approximate surface area is 175 Å². The molecule has 0 aromatic heterocycles. The molecule has 30 heavy (non-hydrogen) atoms. The molecule has 162 valence electrons. The van der Waals surface area contributed by atoms with E-state index >= 15 is 0 Å². The van der Waals surface area contributed by atoms with E-state index in [1.54, 1.807) is 37.3 Å². The minimum absolute atomic E-state index is 0.0364. The van der Waals surface area contributed by atoms with Gasteiger partial charge < -0.3 is 20.9 Å². The summed E-state index contributed by atoms with van der Waals surface area (Å²) >= 11 is 0. The first-order valence-electron chi connectivity index (χ1n) is 9.76. The fourth-order valence-electron chi connectivity index (χ4n) is 3.03. The second-order valence-electron chi connectivity index (χ2n) is 7.15. The van der Waals surface area contributed by atoms with E-state index in [9.17, 15) is 24.0 Å². The number of hydrogen-bond donors (Lipinski definition) is 3. The minimum Gasteiger partial charge on any atom is -0.338 e. The number of piperazine rings is 1. The van der Waals surface area contributed by atoms with Gasteiger partial charge in [-0.2, -0.15) is 0 Å². The zero-order chi connectivity index (χ0) is 22.3. The van der Waals surface area contributed by atoms with E-state index in [2.05, 4.69) is 16.0 Å². The maximum atomic E-state index is 12.9. The standard InChI is InChI=1S/C20H27N5O5/c1-4-24-10-11-25(19(29)18(24)28)20(30)22-15(14-8-6-5-7-9-14)17(27)23-16(13(2)3)21-12-26/h5-9,12-13,15-16H,4,10-11H2,1-3H3,(H,21,26)(H,22,30)(H,23,27). The van der Waals surface area contributed by atoms with Crippen molar-refractivity contribution < 1.29 is 24.0 Å². The Hall–Kier alpha value is -3.43. The van der Waals surface area contributed by atoms with Crippen molar-refractivity contribution in [3.63, 3.8) is 0 Å². The minimum atomic E-state index is -1.12. The predicted octanol–water partition coefficient (Wildman–Crippen LogP) is -0.0277. The van der Waals surface area contributed by atoms with Gasteiger partial charge in [0, 0.05) is 19.6 Å². The van der Waals surface area contributed by atoms with Crippen LogP contribution in [0.15, 0.2) is 30.3 Å². The van der Waals surface area contributed by atoms with Gasteiger partial charge in [0.05, 0.1) is 0 Å². The third kappa shape index (κ3) is 5.34. The zero-order valence-corrected chi connectivity index (χ0v) is 17.3. The molecule has 1 fully saturated rings. The van der Waals surface area contributed by atoms with E-state index in [1.807, 2.05) is 13.8 Å². The van der Waals surface area contributed by atoms with Gasteiger partial charge in [-0.05, 0) is 18.4 Å². The molecule has 0 aliphatic carbocycles. The van der Waals surface area contributed by atoms with Gasteiger partial charge >= 0.3 is 17.8 Å². The zero-order valence-electron chi connectivity index (χ0n) is 17.3. The number of amides is 6. The van der Waals surface area contributed by atoms with Crippen LogP contribution in [0.2, 0.25) is 0 Å². The summed E-state index contributed by atoms with van der Waals surface area (Å²) in [7, 11) is 0. The number of likely N-dealkylation sites (N-methyl/N-ethyl adjacent to an activating group) is 1. The highest BCUT2D eigenvalue weighted by atomic mass is 16.2. The normalized spacial score (nSPS) is 16.1. The summed E-state index contributed by atoms with van der Waals surface area (Å²) in [6.07, 6.45) is -0.159. The highest BCUT2D eigenvalue weighted by molar-refractivity contribution is 6.38. The molecule has 0 saturated carbocycles. The van der Waals surface area contributed by atoms with Gasteiger partial charge in [0.15, 0.2) is 0 Å². The van der Waals surface area contributed by atoms with Crippen molar-refractivity contribution in [1.82, 2.24) is 25.8 Å². The second-order valence-corrected chi connectivity index (χ2v) is 7.15. The Balaban J connectivity index is 2.21. The molecule has 1 aliphatic heterocycles. The number of nitrogens with one attached hydrogen (secondary N) is 3. The first-order chi connectivity index (χ1) is 14.3. The van der Waals surface area contributed by atoms with E-state index in [4.69, 9.17) is 0 Å². The summed E-state index contributed by atoms with van der Waals surface area (Å²) in [5.41, 5.74) is 0.489. The van der Waals surface area contributed by atoms with Crippen molar-refractivity contribution in [3.05, 3.63) is 35.9 Å². The van der Waals surface area contributed by atoms with Crippen LogP contribution in [0, 0.1) is 5.92 Å². The van der Waals surface area contributed by atoms with Crippen molar-refractivity contribution in [3.8, 4) is 0 Å². The quantitative estimate of drug-likeness (QED) is 0.311. The van der Waals surface area contributed by atoms with Crippen LogP contribution in [0.3, 0.4) is 0 Å². The fraction of sp³-hybridized carbons (Fsp3) is 0.450. The smallest absolute Gasteiger partial charge is 0.325 e. The van der Waals surface area contributed by atoms with Crippen LogP contribution in [-0.2, 0) is 19.2 Å². The van der Waals surface area contributed by atoms with E-state index in [-0.39, 0.29) is 19.0 Å². The first kappa shape index (κ1) is 22.9. The predicted molar refractivity (Wildman–Crippen MR) is 108 cm³/mol. The molecular weight excluding hydrogens is 390 g/mol. The number of rotatable bonds is 8. The first-order valence-corrected chi connectivity index (χ1v) is 9.76. The van der Waals surface area contributed by atoms with E-state index in [0.29, 0.717) is 18.5 Å². The molecule has 1 aromatic rings. The molecule has 1 aromatic carbocycles. The van der Waals surface area contributed by atoms with E-state index in [1.165, 1.54) is 4.90 Å². The summed E-state index contributed by atoms with van der Waals surface area (Å²) in [6, 6.07) is 6.53. The van der Waals surface area contributed by atoms with Crippen molar-refractivity contribution in [2.24, 2.45) is 5.92 Å². The van der Waals surface area contributed by atoms with Crippen molar-refractivity contribution in [1.29, 1.82) is 0 Å². The molecule has 3 N–H and O–H groups in total. The van der Waals surface area contributed by atoms with Gasteiger partial charge in [0.2, 0.25) is 12.3 Å². The van der Waals surface area contributed by atoms with Crippen molar-refractivity contribution in [2.75, 3.05) is 19.6 Å². The number of nitrogens with zero attached hydrogens (tertiary/aromatic N) is 2. The number of imide groups is 1. The Morgan fingerprint density at radius 1 is 1.07 bits per heavy atom. The Bertz CT molecular complexity index is 798. The number of carbonyl (C=O) groups excluding carboxylic acids is 5. The molecule has 10 nitrogen and oxygen atoms in total. The highest BCUT2D eigenvalue weighted by Crippen LogP contribution is 2.15. The van der Waals surface area contributed by atoms with E-state index in [0.717, 1.165) is 4.90 Å². The third-order valence-corrected chi connectivity index (χ3v) is 4.81. The average Bonchev–Trinajstić information content (AvgIpc) is 2.73. The number of carbonyl (C=O) groups is 5. The summed E-state index contributed by atoms with van der Waals surface area (Å²) in [6.45, 7) is 6.01. The molecule has 1 aliphatic rings. The monoisotopic (exact) mass is 417 g/mol. The van der Waals surface area contributed by atoms with Gasteiger partial charge in [0.25, 0.3) is 0 Å². The lowest BCUT2D eigenvalue weighted by Crippen LogP contribution is -2.59. The SMILES string of the molecule is CCN1CCN(C(=O)NC(C(=O)NC(NC=O)C(C)C)c2ccccc2)C(=O)C1=O. The Morgan fingerprint density at radius 3 is 2.30 bits per heavy atom. The average molecular weight is 417 g/mol. The number of benzene rings is 1. The molecule has 1 saturated heterocycles. The van der Waals surface area contributed by atoms with Gasteiger partial charge in [-0.25, -0.2) is 4.79 Å². The van der Waals surface area contributed by atoms with Gasteiger partial charge in [-0.15, -0.1) is 0 Å². The van der Waals surface area contributed by atoms with Crippen LogP contribution in [0.1, 0.15) is 32.4 Å². The largest absolute Gasteiger partial charge is 0.338 e. The van der Waals surface area contributed by atoms with Crippen LogP contribution in [0.25, 0.3) is 0 Å². The number of hydrogen-bond acceptors (Lipinski definition) is 5. The molecule has 2 rings (SSSR count). The van der Waals surface area contributed by atoms with Crippen LogP contribution in [-0.4, -0.2) is 65.8 Å². The Kier molecular flexibility index (Phi) is 7.90. The summed E-state index contributed by atoms with van der Waals surface area (Å²) in [5, 5.41) is 7.75. The molecule has 10 heteroatoms. The maximum absolute atomic E-state index is 12.9. The molecule has 0 radical (unpaired) electrons. The second kappa shape index (κ2) is 10.4. The van der Waals surface area contributed by atoms with Crippen LogP contribution in [0.5, 0.6) is 0 Å². The van der Waals surface area contributed by atoms with Crippen molar-refractivity contribution in [2.45, 2.75) is 33.0 Å². The highest BCUT2D eigenvalue weighted by Gasteiger charge is 2.37. The number of urea groups is 1. The van der Waals surface area contributed by atoms with Crippen LogP contribution in [0.4, 0.5) is 4.79 Å². The third-order valence-electron chi connectivity index (χ3n) is 4.81. The summed E-state index contributed by atoms with van der Waals surface area (Å²) in [5.74, 6) is -2.36. The van der Waals surface area contributed by atoms with E-state index < -0.39 is 36.0 Å². The van der Waals surface area contributed by atoms with Gasteiger partial charge in [-0.1, -0.05) is 44.2 Å². The molecule has 0 bridgehead atoms. The van der Waals surface area contributed by atoms with Gasteiger partial charge in [-0.3, -0.25) is 24.1 Å². The lowest BCUT2D eigenvalue weighted by atomic mass is 10.1. The van der Waals surface area contributed by atoms with Crippen molar-refractivity contribution >= 4 is 30.2 Å². The maximum Gasteiger partial charge on any atom is 0.325 e. The summed E-state index contributed by atoms with van der Waals surface area (Å²) in [4.78, 5) is 63.1. The van der Waals surface area contributed by atoms with Crippen LogP contribution < -0.4 is 16.0 Å². The van der Waals surface area contributed by atoms with Crippen LogP contribution >= 0.6 is 0 Å². The molecule has 2 atom stereocenters. The lowest BCUT2D eigenvalue weighted by Gasteiger charge is -2.33. The molecule has 0 spiro atoms.